The van der Waals surface area contributed by atoms with Crippen LogP contribution in [0.5, 0.6) is 5.75 Å². The fourth-order valence-corrected chi connectivity index (χ4v) is 1.26. The first-order valence-electron chi connectivity index (χ1n) is 3.67. The van der Waals surface area contributed by atoms with E-state index in [1.807, 2.05) is 0 Å². The van der Waals surface area contributed by atoms with Gasteiger partial charge in [0.15, 0.2) is 0 Å². The number of benzene rings is 1. The van der Waals surface area contributed by atoms with Crippen LogP contribution in [-0.4, -0.2) is 18.2 Å². The van der Waals surface area contributed by atoms with E-state index < -0.39 is 5.97 Å². The minimum Gasteiger partial charge on any atom is -0.497 e. The Kier molecular flexibility index (Phi) is 3.14. The molecule has 13 heavy (non-hydrogen) atoms. The molecule has 0 bridgehead atoms. The first-order chi connectivity index (χ1) is 6.11. The Morgan fingerprint density at radius 1 is 1.54 bits per heavy atom. The number of aliphatic carboxylic acids is 1. The second-order valence-electron chi connectivity index (χ2n) is 2.57. The van der Waals surface area contributed by atoms with Crippen LogP contribution >= 0.6 is 11.6 Å². The molecule has 1 aromatic rings. The Bertz CT molecular complexity index is 323. The zero-order valence-electron chi connectivity index (χ0n) is 7.08. The van der Waals surface area contributed by atoms with Gasteiger partial charge in [0.25, 0.3) is 0 Å². The minimum atomic E-state index is -0.885. The van der Waals surface area contributed by atoms with Crippen molar-refractivity contribution in [1.29, 1.82) is 0 Å². The SMILES string of the molecule is COc1cc(Cl)cc(CC(=O)O)c1. The third kappa shape index (κ3) is 2.95. The number of carboxylic acid groups (broad SMARTS) is 1. The van der Waals surface area contributed by atoms with E-state index in [1.54, 1.807) is 18.2 Å². The van der Waals surface area contributed by atoms with Crippen molar-refractivity contribution in [2.24, 2.45) is 0 Å². The molecule has 0 saturated carbocycles. The second kappa shape index (κ2) is 4.14. The normalized spacial score (nSPS) is 9.69. The van der Waals surface area contributed by atoms with E-state index in [4.69, 9.17) is 21.4 Å². The summed E-state index contributed by atoms with van der Waals surface area (Å²) in [4.78, 5) is 10.4. The summed E-state index contributed by atoms with van der Waals surface area (Å²) in [6.45, 7) is 0. The highest BCUT2D eigenvalue weighted by atomic mass is 35.5. The van der Waals surface area contributed by atoms with Crippen LogP contribution in [0.4, 0.5) is 0 Å². The number of hydrogen-bond donors (Lipinski definition) is 1. The van der Waals surface area contributed by atoms with Crippen molar-refractivity contribution < 1.29 is 14.6 Å². The molecular weight excluding hydrogens is 192 g/mol. The van der Waals surface area contributed by atoms with Gasteiger partial charge in [-0.1, -0.05) is 11.6 Å². The van der Waals surface area contributed by atoms with E-state index in [-0.39, 0.29) is 6.42 Å². The zero-order chi connectivity index (χ0) is 9.84. The number of halogens is 1. The lowest BCUT2D eigenvalue weighted by molar-refractivity contribution is -0.136. The van der Waals surface area contributed by atoms with Crippen molar-refractivity contribution in [3.63, 3.8) is 0 Å². The maximum atomic E-state index is 10.4. The Labute approximate surface area is 80.9 Å². The molecule has 0 atom stereocenters. The molecule has 0 radical (unpaired) electrons. The lowest BCUT2D eigenvalue weighted by Crippen LogP contribution is -2.00. The molecule has 0 fully saturated rings. The van der Waals surface area contributed by atoms with Gasteiger partial charge in [-0.2, -0.15) is 0 Å². The van der Waals surface area contributed by atoms with Crippen LogP contribution in [0.1, 0.15) is 5.56 Å². The van der Waals surface area contributed by atoms with Gasteiger partial charge in [0.2, 0.25) is 0 Å². The highest BCUT2D eigenvalue weighted by molar-refractivity contribution is 6.30. The Hall–Kier alpha value is -1.22. The molecule has 0 aliphatic heterocycles. The summed E-state index contributed by atoms with van der Waals surface area (Å²) in [5.74, 6) is -0.312. The van der Waals surface area contributed by atoms with Gasteiger partial charge in [0, 0.05) is 5.02 Å². The van der Waals surface area contributed by atoms with Crippen molar-refractivity contribution >= 4 is 17.6 Å². The maximum Gasteiger partial charge on any atom is 0.307 e. The zero-order valence-corrected chi connectivity index (χ0v) is 7.84. The standard InChI is InChI=1S/C9H9ClO3/c1-13-8-3-6(4-9(11)12)2-7(10)5-8/h2-3,5H,4H2,1H3,(H,11,12). The van der Waals surface area contributed by atoms with E-state index in [0.717, 1.165) is 0 Å². The van der Waals surface area contributed by atoms with Crippen LogP contribution in [0.3, 0.4) is 0 Å². The largest absolute Gasteiger partial charge is 0.497 e. The quantitative estimate of drug-likeness (QED) is 0.812. The van der Waals surface area contributed by atoms with E-state index in [2.05, 4.69) is 0 Å². The van der Waals surface area contributed by atoms with E-state index in [9.17, 15) is 4.79 Å². The maximum absolute atomic E-state index is 10.4. The Balaban J connectivity index is 2.94. The van der Waals surface area contributed by atoms with Crippen molar-refractivity contribution in [2.45, 2.75) is 6.42 Å². The van der Waals surface area contributed by atoms with Crippen molar-refractivity contribution in [2.75, 3.05) is 7.11 Å². The number of ether oxygens (including phenoxy) is 1. The van der Waals surface area contributed by atoms with Gasteiger partial charge in [-0.25, -0.2) is 0 Å². The first-order valence-corrected chi connectivity index (χ1v) is 4.05. The summed E-state index contributed by atoms with van der Waals surface area (Å²) >= 11 is 5.74. The fraction of sp³-hybridized carbons (Fsp3) is 0.222. The molecule has 0 amide bonds. The van der Waals surface area contributed by atoms with Crippen LogP contribution in [0, 0.1) is 0 Å². The number of carbonyl (C=O) groups is 1. The number of hydrogen-bond acceptors (Lipinski definition) is 2. The average Bonchev–Trinajstić information content (AvgIpc) is 2.01. The minimum absolute atomic E-state index is 0.0447. The van der Waals surface area contributed by atoms with Crippen molar-refractivity contribution in [1.82, 2.24) is 0 Å². The summed E-state index contributed by atoms with van der Waals surface area (Å²) in [5, 5.41) is 9.02. The van der Waals surface area contributed by atoms with Crippen molar-refractivity contribution in [3.05, 3.63) is 28.8 Å². The van der Waals surface area contributed by atoms with E-state index >= 15 is 0 Å². The van der Waals surface area contributed by atoms with Crippen LogP contribution < -0.4 is 4.74 Å². The predicted molar refractivity (Wildman–Crippen MR) is 49.3 cm³/mol. The molecule has 0 heterocycles. The lowest BCUT2D eigenvalue weighted by atomic mass is 10.1. The molecule has 3 nitrogen and oxygen atoms in total. The van der Waals surface area contributed by atoms with Crippen LogP contribution in [-0.2, 0) is 11.2 Å². The van der Waals surface area contributed by atoms with Gasteiger partial charge in [-0.05, 0) is 23.8 Å². The average molecular weight is 201 g/mol. The third-order valence-corrected chi connectivity index (χ3v) is 1.74. The molecule has 0 aromatic heterocycles. The number of rotatable bonds is 3. The molecule has 0 saturated heterocycles. The Morgan fingerprint density at radius 2 is 2.23 bits per heavy atom. The summed E-state index contributed by atoms with van der Waals surface area (Å²) < 4.78 is 4.94. The van der Waals surface area contributed by atoms with Crippen LogP contribution in [0.15, 0.2) is 18.2 Å². The summed E-state index contributed by atoms with van der Waals surface area (Å²) in [5.41, 5.74) is 0.636. The molecule has 1 rings (SSSR count). The smallest absolute Gasteiger partial charge is 0.307 e. The summed E-state index contributed by atoms with van der Waals surface area (Å²) in [6, 6.07) is 4.89. The molecule has 0 aliphatic carbocycles. The van der Waals surface area contributed by atoms with Gasteiger partial charge in [0.1, 0.15) is 5.75 Å². The van der Waals surface area contributed by atoms with Crippen LogP contribution in [0.2, 0.25) is 5.02 Å². The van der Waals surface area contributed by atoms with Gasteiger partial charge in [0.05, 0.1) is 13.5 Å². The highest BCUT2D eigenvalue weighted by Crippen LogP contribution is 2.20. The number of carboxylic acids is 1. The molecule has 1 aromatic carbocycles. The first kappa shape index (κ1) is 9.86. The Morgan fingerprint density at radius 3 is 2.77 bits per heavy atom. The molecule has 4 heteroatoms. The van der Waals surface area contributed by atoms with Crippen molar-refractivity contribution in [3.8, 4) is 5.75 Å². The third-order valence-electron chi connectivity index (χ3n) is 1.52. The van der Waals surface area contributed by atoms with Gasteiger partial charge in [-0.15, -0.1) is 0 Å². The topological polar surface area (TPSA) is 46.5 Å². The molecule has 70 valence electrons. The molecule has 0 aliphatic rings. The van der Waals surface area contributed by atoms with Gasteiger partial charge in [-0.3, -0.25) is 4.79 Å². The number of methoxy groups -OCH3 is 1. The summed E-state index contributed by atoms with van der Waals surface area (Å²) in [7, 11) is 1.51. The van der Waals surface area contributed by atoms with E-state index in [0.29, 0.717) is 16.3 Å². The van der Waals surface area contributed by atoms with Gasteiger partial charge >= 0.3 is 5.97 Å². The van der Waals surface area contributed by atoms with Gasteiger partial charge < -0.3 is 9.84 Å². The molecule has 0 spiro atoms. The monoisotopic (exact) mass is 200 g/mol. The predicted octanol–water partition coefficient (Wildman–Crippen LogP) is 1.98. The molecule has 0 unspecified atom stereocenters. The molecule has 1 N–H and O–H groups in total. The molecular formula is C9H9ClO3. The second-order valence-corrected chi connectivity index (χ2v) is 3.01. The summed E-state index contributed by atoms with van der Waals surface area (Å²) in [6.07, 6.45) is -0.0447. The van der Waals surface area contributed by atoms with Crippen LogP contribution in [0.25, 0.3) is 0 Å². The highest BCUT2D eigenvalue weighted by Gasteiger charge is 2.03. The lowest BCUT2D eigenvalue weighted by Gasteiger charge is -2.03. The fourth-order valence-electron chi connectivity index (χ4n) is 1.02. The van der Waals surface area contributed by atoms with E-state index in [1.165, 1.54) is 7.11 Å².